The van der Waals surface area contributed by atoms with Gasteiger partial charge in [-0.2, -0.15) is 0 Å². The third-order valence-corrected chi connectivity index (χ3v) is 4.21. The first-order valence-electron chi connectivity index (χ1n) is 6.63. The number of carboxylic acid groups (broad SMARTS) is 1. The minimum atomic E-state index is -1.00. The van der Waals surface area contributed by atoms with Crippen LogP contribution in [0, 0.1) is 0 Å². The maximum atomic E-state index is 12.7. The lowest BCUT2D eigenvalue weighted by molar-refractivity contribution is -0.141. The van der Waals surface area contributed by atoms with E-state index in [9.17, 15) is 14.7 Å². The minimum absolute atomic E-state index is 0.00722. The van der Waals surface area contributed by atoms with Gasteiger partial charge in [-0.05, 0) is 47.8 Å². The van der Waals surface area contributed by atoms with Crippen LogP contribution in [0.2, 0.25) is 0 Å². The molecular weight excluding hydrogens is 342 g/mol. The van der Waals surface area contributed by atoms with Crippen LogP contribution in [-0.2, 0) is 4.79 Å². The molecule has 112 valence electrons. The zero-order valence-electron chi connectivity index (χ0n) is 11.3. The van der Waals surface area contributed by atoms with Crippen molar-refractivity contribution in [3.63, 3.8) is 0 Å². The molecule has 1 atom stereocenters. The molecule has 6 nitrogen and oxygen atoms in total. The highest BCUT2D eigenvalue weighted by molar-refractivity contribution is 9.10. The molecular formula is C14H14BrNO5. The average molecular weight is 356 g/mol. The van der Waals surface area contributed by atoms with Crippen LogP contribution in [0.4, 0.5) is 0 Å². The summed E-state index contributed by atoms with van der Waals surface area (Å²) >= 11 is 3.34. The second kappa shape index (κ2) is 5.22. The summed E-state index contributed by atoms with van der Waals surface area (Å²) in [6, 6.07) is 2.39. The first-order chi connectivity index (χ1) is 9.99. The van der Waals surface area contributed by atoms with Gasteiger partial charge in [-0.25, -0.2) is 4.79 Å². The smallest absolute Gasteiger partial charge is 0.326 e. The van der Waals surface area contributed by atoms with Gasteiger partial charge in [0, 0.05) is 11.6 Å². The van der Waals surface area contributed by atoms with Gasteiger partial charge >= 0.3 is 5.97 Å². The van der Waals surface area contributed by atoms with Crippen LogP contribution in [0.5, 0.6) is 11.5 Å². The van der Waals surface area contributed by atoms with E-state index in [2.05, 4.69) is 15.9 Å². The molecule has 1 saturated carbocycles. The van der Waals surface area contributed by atoms with E-state index >= 15 is 0 Å². The van der Waals surface area contributed by atoms with Gasteiger partial charge in [0.1, 0.15) is 6.04 Å². The van der Waals surface area contributed by atoms with Crippen LogP contribution >= 0.6 is 15.9 Å². The van der Waals surface area contributed by atoms with Crippen LogP contribution in [0.1, 0.15) is 30.1 Å². The molecule has 1 aliphatic heterocycles. The Balaban J connectivity index is 1.93. The highest BCUT2D eigenvalue weighted by Crippen LogP contribution is 2.41. The molecule has 0 radical (unpaired) electrons. The SMILES string of the molecule is CC(C(=O)O)N(C(=O)c1cc(Br)c2c(c1)OCO2)C1CC1. The molecule has 21 heavy (non-hydrogen) atoms. The number of nitrogens with zero attached hydrogens (tertiary/aromatic N) is 1. The molecule has 2 aliphatic rings. The predicted octanol–water partition coefficient (Wildman–Crippen LogP) is 2.26. The zero-order valence-corrected chi connectivity index (χ0v) is 12.9. The van der Waals surface area contributed by atoms with E-state index < -0.39 is 12.0 Å². The van der Waals surface area contributed by atoms with Crippen molar-refractivity contribution >= 4 is 27.8 Å². The number of aliphatic carboxylic acids is 1. The summed E-state index contributed by atoms with van der Waals surface area (Å²) in [5.74, 6) is -0.247. The van der Waals surface area contributed by atoms with Gasteiger partial charge in [0.05, 0.1) is 4.47 Å². The van der Waals surface area contributed by atoms with Crippen molar-refractivity contribution in [2.75, 3.05) is 6.79 Å². The highest BCUT2D eigenvalue weighted by Gasteiger charge is 2.39. The Labute approximate surface area is 129 Å². The monoisotopic (exact) mass is 355 g/mol. The third-order valence-electron chi connectivity index (χ3n) is 3.62. The third kappa shape index (κ3) is 2.57. The lowest BCUT2D eigenvalue weighted by Crippen LogP contribution is -2.44. The molecule has 1 aliphatic carbocycles. The zero-order chi connectivity index (χ0) is 15.1. The van der Waals surface area contributed by atoms with Crippen molar-refractivity contribution < 1.29 is 24.2 Å². The molecule has 1 unspecified atom stereocenters. The Hall–Kier alpha value is -1.76. The molecule has 1 aromatic carbocycles. The lowest BCUT2D eigenvalue weighted by Gasteiger charge is -2.26. The van der Waals surface area contributed by atoms with E-state index in [1.165, 1.54) is 11.8 Å². The fourth-order valence-electron chi connectivity index (χ4n) is 2.37. The maximum Gasteiger partial charge on any atom is 0.326 e. The summed E-state index contributed by atoms with van der Waals surface area (Å²) in [5, 5.41) is 9.19. The van der Waals surface area contributed by atoms with E-state index in [0.29, 0.717) is 21.5 Å². The molecule has 0 bridgehead atoms. The number of rotatable bonds is 4. The highest BCUT2D eigenvalue weighted by atomic mass is 79.9. The number of hydrogen-bond acceptors (Lipinski definition) is 4. The van der Waals surface area contributed by atoms with Crippen LogP contribution in [-0.4, -0.2) is 40.8 Å². The topological polar surface area (TPSA) is 76.1 Å². The first-order valence-corrected chi connectivity index (χ1v) is 7.43. The van der Waals surface area contributed by atoms with Crippen LogP contribution < -0.4 is 9.47 Å². The molecule has 1 N–H and O–H groups in total. The van der Waals surface area contributed by atoms with Crippen molar-refractivity contribution in [1.29, 1.82) is 0 Å². The van der Waals surface area contributed by atoms with Crippen molar-refractivity contribution in [2.45, 2.75) is 31.8 Å². The summed E-state index contributed by atoms with van der Waals surface area (Å²) in [7, 11) is 0. The normalized spacial score (nSPS) is 17.4. The standard InChI is InChI=1S/C14H14BrNO5/c1-7(14(18)19)16(9-2-3-9)13(17)8-4-10(15)12-11(5-8)20-6-21-12/h4-5,7,9H,2-3,6H2,1H3,(H,18,19). The second-order valence-corrected chi connectivity index (χ2v) is 6.00. The molecule has 1 amide bonds. The molecule has 7 heteroatoms. The van der Waals surface area contributed by atoms with Crippen molar-refractivity contribution in [1.82, 2.24) is 4.90 Å². The average Bonchev–Trinajstić information content (AvgIpc) is 3.14. The van der Waals surface area contributed by atoms with Gasteiger partial charge < -0.3 is 19.5 Å². The number of ether oxygens (including phenoxy) is 2. The summed E-state index contributed by atoms with van der Waals surface area (Å²) in [6.07, 6.45) is 1.68. The van der Waals surface area contributed by atoms with Gasteiger partial charge in [-0.15, -0.1) is 0 Å². The summed E-state index contributed by atoms with van der Waals surface area (Å²) in [6.45, 7) is 1.64. The van der Waals surface area contributed by atoms with E-state index in [-0.39, 0.29) is 18.7 Å². The lowest BCUT2D eigenvalue weighted by atomic mass is 10.1. The van der Waals surface area contributed by atoms with E-state index in [4.69, 9.17) is 9.47 Å². The minimum Gasteiger partial charge on any atom is -0.480 e. The maximum absolute atomic E-state index is 12.7. The Morgan fingerprint density at radius 1 is 1.38 bits per heavy atom. The van der Waals surface area contributed by atoms with Gasteiger partial charge in [0.15, 0.2) is 11.5 Å². The molecule has 0 saturated heterocycles. The molecule has 1 heterocycles. The van der Waals surface area contributed by atoms with Gasteiger partial charge in [-0.3, -0.25) is 4.79 Å². The first kappa shape index (κ1) is 14.2. The Bertz CT molecular complexity index is 614. The molecule has 0 aromatic heterocycles. The van der Waals surface area contributed by atoms with Gasteiger partial charge in [-0.1, -0.05) is 0 Å². The number of carbonyl (C=O) groups excluding carboxylic acids is 1. The number of carboxylic acids is 1. The fourth-order valence-corrected chi connectivity index (χ4v) is 2.93. The predicted molar refractivity (Wildman–Crippen MR) is 76.6 cm³/mol. The quantitative estimate of drug-likeness (QED) is 0.896. The number of benzene rings is 1. The summed E-state index contributed by atoms with van der Waals surface area (Å²) in [4.78, 5) is 25.3. The molecule has 3 rings (SSSR count). The van der Waals surface area contributed by atoms with Gasteiger partial charge in [0.2, 0.25) is 6.79 Å². The van der Waals surface area contributed by atoms with Crippen LogP contribution in [0.25, 0.3) is 0 Å². The number of amides is 1. The Morgan fingerprint density at radius 3 is 2.71 bits per heavy atom. The van der Waals surface area contributed by atoms with E-state index in [1.54, 1.807) is 12.1 Å². The van der Waals surface area contributed by atoms with Gasteiger partial charge in [0.25, 0.3) is 5.91 Å². The largest absolute Gasteiger partial charge is 0.480 e. The number of fused-ring (bicyclic) bond motifs is 1. The van der Waals surface area contributed by atoms with Crippen LogP contribution in [0.15, 0.2) is 16.6 Å². The number of halogens is 1. The Kier molecular flexibility index (Phi) is 3.52. The fraction of sp³-hybridized carbons (Fsp3) is 0.429. The second-order valence-electron chi connectivity index (χ2n) is 5.15. The van der Waals surface area contributed by atoms with Crippen LogP contribution in [0.3, 0.4) is 0 Å². The van der Waals surface area contributed by atoms with E-state index in [0.717, 1.165) is 12.8 Å². The van der Waals surface area contributed by atoms with E-state index in [1.807, 2.05) is 0 Å². The molecule has 0 spiro atoms. The number of hydrogen-bond donors (Lipinski definition) is 1. The summed E-state index contributed by atoms with van der Waals surface area (Å²) < 4.78 is 11.2. The van der Waals surface area contributed by atoms with Crippen molar-refractivity contribution in [3.05, 3.63) is 22.2 Å². The number of carbonyl (C=O) groups is 2. The van der Waals surface area contributed by atoms with Crippen molar-refractivity contribution in [3.8, 4) is 11.5 Å². The molecule has 1 fully saturated rings. The van der Waals surface area contributed by atoms with Crippen molar-refractivity contribution in [2.24, 2.45) is 0 Å². The Morgan fingerprint density at radius 2 is 2.10 bits per heavy atom. The molecule has 1 aromatic rings. The summed E-state index contributed by atoms with van der Waals surface area (Å²) in [5.41, 5.74) is 0.395.